The highest BCUT2D eigenvalue weighted by Gasteiger charge is 2.29. The van der Waals surface area contributed by atoms with Crippen molar-refractivity contribution in [3.63, 3.8) is 0 Å². The van der Waals surface area contributed by atoms with Crippen molar-refractivity contribution in [3.8, 4) is 0 Å². The first-order valence-corrected chi connectivity index (χ1v) is 7.50. The Bertz CT molecular complexity index is 405. The fraction of sp³-hybridized carbons (Fsp3) is 0.688. The van der Waals surface area contributed by atoms with Gasteiger partial charge in [-0.15, -0.1) is 0 Å². The van der Waals surface area contributed by atoms with Crippen molar-refractivity contribution >= 4 is 0 Å². The van der Waals surface area contributed by atoms with Crippen molar-refractivity contribution in [2.45, 2.75) is 52.7 Å². The summed E-state index contributed by atoms with van der Waals surface area (Å²) in [6, 6.07) is 7.53. The molecule has 3 atom stereocenters. The van der Waals surface area contributed by atoms with Crippen LogP contribution in [0.15, 0.2) is 18.2 Å². The second-order valence-corrected chi connectivity index (χ2v) is 5.96. The van der Waals surface area contributed by atoms with Crippen LogP contribution in [0, 0.1) is 12.8 Å². The first-order valence-electron chi connectivity index (χ1n) is 7.50. The molecule has 0 spiro atoms. The van der Waals surface area contributed by atoms with Crippen LogP contribution in [0.4, 0.5) is 0 Å². The number of hydrogen-bond donors (Lipinski definition) is 1. The maximum absolute atomic E-state index is 4.65. The third-order valence-corrected chi connectivity index (χ3v) is 4.26. The number of pyridine rings is 1. The van der Waals surface area contributed by atoms with Gasteiger partial charge in [-0.25, -0.2) is 0 Å². The molecule has 1 aliphatic rings. The molecule has 19 heavy (non-hydrogen) atoms. The Morgan fingerprint density at radius 2 is 2.26 bits per heavy atom. The Morgan fingerprint density at radius 3 is 2.95 bits per heavy atom. The van der Waals surface area contributed by atoms with Crippen LogP contribution in [-0.4, -0.2) is 35.1 Å². The fourth-order valence-electron chi connectivity index (χ4n) is 2.91. The molecule has 0 aromatic carbocycles. The van der Waals surface area contributed by atoms with Gasteiger partial charge in [-0.3, -0.25) is 9.88 Å². The van der Waals surface area contributed by atoms with E-state index in [9.17, 15) is 0 Å². The predicted octanol–water partition coefficient (Wildman–Crippen LogP) is 2.60. The van der Waals surface area contributed by atoms with Crippen LogP contribution in [0.25, 0.3) is 0 Å². The van der Waals surface area contributed by atoms with Gasteiger partial charge in [0.1, 0.15) is 0 Å². The zero-order chi connectivity index (χ0) is 13.8. The number of nitrogens with zero attached hydrogens (tertiary/aromatic N) is 2. The van der Waals surface area contributed by atoms with Crippen LogP contribution < -0.4 is 5.32 Å². The lowest BCUT2D eigenvalue weighted by Gasteiger charge is -2.42. The number of aromatic nitrogens is 1. The van der Waals surface area contributed by atoms with Gasteiger partial charge < -0.3 is 5.32 Å². The van der Waals surface area contributed by atoms with Gasteiger partial charge >= 0.3 is 0 Å². The highest BCUT2D eigenvalue weighted by Crippen LogP contribution is 2.20. The van der Waals surface area contributed by atoms with Gasteiger partial charge in [0.15, 0.2) is 0 Å². The topological polar surface area (TPSA) is 28.2 Å². The van der Waals surface area contributed by atoms with Gasteiger partial charge in [0.05, 0.1) is 5.69 Å². The molecule has 0 radical (unpaired) electrons. The van der Waals surface area contributed by atoms with Gasteiger partial charge in [-0.05, 0) is 31.9 Å². The Morgan fingerprint density at radius 1 is 1.47 bits per heavy atom. The Balaban J connectivity index is 2.09. The second-order valence-electron chi connectivity index (χ2n) is 5.96. The zero-order valence-electron chi connectivity index (χ0n) is 12.7. The molecule has 0 bridgehead atoms. The molecule has 2 rings (SSSR count). The molecule has 3 nitrogen and oxygen atoms in total. The van der Waals surface area contributed by atoms with Crippen molar-refractivity contribution in [2.75, 3.05) is 13.1 Å². The van der Waals surface area contributed by atoms with Gasteiger partial charge in [0.25, 0.3) is 0 Å². The van der Waals surface area contributed by atoms with E-state index in [0.29, 0.717) is 12.1 Å². The minimum Gasteiger partial charge on any atom is -0.311 e. The first-order chi connectivity index (χ1) is 9.10. The van der Waals surface area contributed by atoms with Crippen LogP contribution in [0.3, 0.4) is 0 Å². The number of aryl methyl sites for hydroxylation is 1. The third kappa shape index (κ3) is 3.77. The maximum Gasteiger partial charge on any atom is 0.0547 e. The van der Waals surface area contributed by atoms with Crippen molar-refractivity contribution in [1.29, 1.82) is 0 Å². The Hall–Kier alpha value is -0.930. The quantitative estimate of drug-likeness (QED) is 0.903. The molecule has 1 saturated heterocycles. The number of nitrogens with one attached hydrogen (secondary N) is 1. The number of hydrogen-bond acceptors (Lipinski definition) is 3. The Labute approximate surface area is 117 Å². The molecule has 1 aromatic rings. The van der Waals surface area contributed by atoms with E-state index in [1.165, 1.54) is 12.1 Å². The monoisotopic (exact) mass is 261 g/mol. The van der Waals surface area contributed by atoms with Gasteiger partial charge in [0.2, 0.25) is 0 Å². The zero-order valence-corrected chi connectivity index (χ0v) is 12.7. The standard InChI is InChI=1S/C16H27N3/c1-5-12(2)16-9-17-14(4)10-19(16)11-15-8-6-7-13(3)18-15/h6-8,12,14,16-17H,5,9-11H2,1-4H3. The van der Waals surface area contributed by atoms with Gasteiger partial charge in [-0.1, -0.05) is 26.3 Å². The molecule has 2 heterocycles. The van der Waals surface area contributed by atoms with E-state index in [1.807, 2.05) is 0 Å². The molecule has 3 heteroatoms. The van der Waals surface area contributed by atoms with E-state index in [2.05, 4.69) is 61.1 Å². The van der Waals surface area contributed by atoms with Gasteiger partial charge in [-0.2, -0.15) is 0 Å². The van der Waals surface area contributed by atoms with Gasteiger partial charge in [0, 0.05) is 37.4 Å². The van der Waals surface area contributed by atoms with Crippen LogP contribution in [0.2, 0.25) is 0 Å². The molecule has 3 unspecified atom stereocenters. The summed E-state index contributed by atoms with van der Waals surface area (Å²) in [5.74, 6) is 0.727. The summed E-state index contributed by atoms with van der Waals surface area (Å²) in [6.45, 7) is 12.2. The summed E-state index contributed by atoms with van der Waals surface area (Å²) < 4.78 is 0. The van der Waals surface area contributed by atoms with Crippen LogP contribution >= 0.6 is 0 Å². The maximum atomic E-state index is 4.65. The van der Waals surface area contributed by atoms with E-state index < -0.39 is 0 Å². The second kappa shape index (κ2) is 6.49. The van der Waals surface area contributed by atoms with Crippen molar-refractivity contribution < 1.29 is 0 Å². The smallest absolute Gasteiger partial charge is 0.0547 e. The normalized spacial score (nSPS) is 26.3. The number of rotatable bonds is 4. The van der Waals surface area contributed by atoms with Crippen LogP contribution in [-0.2, 0) is 6.54 Å². The molecule has 1 aromatic heterocycles. The lowest BCUT2D eigenvalue weighted by molar-refractivity contribution is 0.0873. The summed E-state index contributed by atoms with van der Waals surface area (Å²) in [6.07, 6.45) is 1.23. The summed E-state index contributed by atoms with van der Waals surface area (Å²) in [5, 5.41) is 3.61. The fourth-order valence-corrected chi connectivity index (χ4v) is 2.91. The molecular formula is C16H27N3. The van der Waals surface area contributed by atoms with Crippen molar-refractivity contribution in [2.24, 2.45) is 5.92 Å². The largest absolute Gasteiger partial charge is 0.311 e. The molecule has 1 aliphatic heterocycles. The van der Waals surface area contributed by atoms with E-state index >= 15 is 0 Å². The lowest BCUT2D eigenvalue weighted by atomic mass is 9.94. The van der Waals surface area contributed by atoms with E-state index in [-0.39, 0.29) is 0 Å². The van der Waals surface area contributed by atoms with Crippen molar-refractivity contribution in [3.05, 3.63) is 29.6 Å². The molecule has 0 aliphatic carbocycles. The lowest BCUT2D eigenvalue weighted by Crippen LogP contribution is -2.57. The average Bonchev–Trinajstić information content (AvgIpc) is 2.38. The first kappa shape index (κ1) is 14.5. The number of piperazine rings is 1. The highest BCUT2D eigenvalue weighted by molar-refractivity contribution is 5.10. The predicted molar refractivity (Wildman–Crippen MR) is 80.1 cm³/mol. The minimum absolute atomic E-state index is 0.574. The molecule has 1 N–H and O–H groups in total. The SMILES string of the molecule is CCC(C)C1CNC(C)CN1Cc1cccc(C)n1. The van der Waals surface area contributed by atoms with E-state index in [1.54, 1.807) is 0 Å². The van der Waals surface area contributed by atoms with Crippen LogP contribution in [0.1, 0.15) is 38.6 Å². The molecule has 1 fully saturated rings. The van der Waals surface area contributed by atoms with Crippen molar-refractivity contribution in [1.82, 2.24) is 15.2 Å². The summed E-state index contributed by atoms with van der Waals surface area (Å²) in [7, 11) is 0. The highest BCUT2D eigenvalue weighted by atomic mass is 15.2. The molecular weight excluding hydrogens is 234 g/mol. The van der Waals surface area contributed by atoms with E-state index in [4.69, 9.17) is 0 Å². The average molecular weight is 261 g/mol. The van der Waals surface area contributed by atoms with Crippen LogP contribution in [0.5, 0.6) is 0 Å². The molecule has 0 amide bonds. The molecule has 0 saturated carbocycles. The summed E-state index contributed by atoms with van der Waals surface area (Å²) in [4.78, 5) is 7.26. The minimum atomic E-state index is 0.574. The third-order valence-electron chi connectivity index (χ3n) is 4.26. The summed E-state index contributed by atoms with van der Waals surface area (Å²) >= 11 is 0. The Kier molecular flexibility index (Phi) is 4.94. The molecule has 106 valence electrons. The van der Waals surface area contributed by atoms with E-state index in [0.717, 1.165) is 31.2 Å². The summed E-state index contributed by atoms with van der Waals surface area (Å²) in [5.41, 5.74) is 2.31.